The Morgan fingerprint density at radius 2 is 1.82 bits per heavy atom. The molecule has 0 aromatic rings. The summed E-state index contributed by atoms with van der Waals surface area (Å²) in [7, 11) is 1.62. The fourth-order valence-corrected chi connectivity index (χ4v) is 2.20. The standard InChI is InChI=1S/C12H21NO4/c1-12(2,7-14)13(3)10(15)8-5-4-6-9(8)11(16)17/h8-9,14H,4-7H2,1-3H3,(H,16,17). The predicted octanol–water partition coefficient (Wildman–Crippen LogP) is 0.717. The van der Waals surface area contributed by atoms with Crippen LogP contribution in [0.2, 0.25) is 0 Å². The van der Waals surface area contributed by atoms with E-state index >= 15 is 0 Å². The summed E-state index contributed by atoms with van der Waals surface area (Å²) in [5, 5.41) is 18.3. The summed E-state index contributed by atoms with van der Waals surface area (Å²) in [4.78, 5) is 24.7. The van der Waals surface area contributed by atoms with Crippen molar-refractivity contribution in [2.45, 2.75) is 38.6 Å². The van der Waals surface area contributed by atoms with E-state index in [9.17, 15) is 14.7 Å². The maximum atomic E-state index is 12.2. The highest BCUT2D eigenvalue weighted by atomic mass is 16.4. The average molecular weight is 243 g/mol. The summed E-state index contributed by atoms with van der Waals surface area (Å²) < 4.78 is 0. The molecule has 98 valence electrons. The molecule has 2 N–H and O–H groups in total. The maximum Gasteiger partial charge on any atom is 0.307 e. The van der Waals surface area contributed by atoms with Gasteiger partial charge < -0.3 is 15.1 Å². The van der Waals surface area contributed by atoms with Gasteiger partial charge in [-0.15, -0.1) is 0 Å². The number of nitrogens with zero attached hydrogens (tertiary/aromatic N) is 1. The highest BCUT2D eigenvalue weighted by Crippen LogP contribution is 2.34. The van der Waals surface area contributed by atoms with Crippen LogP contribution in [0.4, 0.5) is 0 Å². The van der Waals surface area contributed by atoms with Crippen molar-refractivity contribution < 1.29 is 19.8 Å². The number of carbonyl (C=O) groups is 2. The third-order valence-corrected chi connectivity index (χ3v) is 3.78. The molecule has 0 heterocycles. The summed E-state index contributed by atoms with van der Waals surface area (Å²) in [6.45, 7) is 3.38. The zero-order valence-electron chi connectivity index (χ0n) is 10.6. The van der Waals surface area contributed by atoms with Crippen LogP contribution in [-0.4, -0.2) is 46.2 Å². The van der Waals surface area contributed by atoms with Crippen LogP contribution in [-0.2, 0) is 9.59 Å². The summed E-state index contributed by atoms with van der Waals surface area (Å²) in [6.07, 6.45) is 1.97. The summed E-state index contributed by atoms with van der Waals surface area (Å²) in [6, 6.07) is 0. The molecule has 0 aromatic heterocycles. The van der Waals surface area contributed by atoms with E-state index in [2.05, 4.69) is 0 Å². The van der Waals surface area contributed by atoms with E-state index < -0.39 is 23.3 Å². The molecule has 0 radical (unpaired) electrons. The Balaban J connectivity index is 2.79. The molecular formula is C12H21NO4. The van der Waals surface area contributed by atoms with Gasteiger partial charge in [-0.1, -0.05) is 6.42 Å². The highest BCUT2D eigenvalue weighted by molar-refractivity contribution is 5.85. The molecule has 1 saturated carbocycles. The van der Waals surface area contributed by atoms with Crippen molar-refractivity contribution >= 4 is 11.9 Å². The van der Waals surface area contributed by atoms with Crippen LogP contribution in [0.15, 0.2) is 0 Å². The van der Waals surface area contributed by atoms with Crippen molar-refractivity contribution in [2.24, 2.45) is 11.8 Å². The van der Waals surface area contributed by atoms with E-state index in [1.165, 1.54) is 4.90 Å². The summed E-state index contributed by atoms with van der Waals surface area (Å²) in [5.41, 5.74) is -0.650. The van der Waals surface area contributed by atoms with Crippen LogP contribution in [0.25, 0.3) is 0 Å². The normalized spacial score (nSPS) is 24.7. The molecule has 1 fully saturated rings. The fraction of sp³-hybridized carbons (Fsp3) is 0.833. The number of hydrogen-bond acceptors (Lipinski definition) is 3. The topological polar surface area (TPSA) is 77.8 Å². The van der Waals surface area contributed by atoms with E-state index in [0.717, 1.165) is 6.42 Å². The van der Waals surface area contributed by atoms with Crippen molar-refractivity contribution in [3.05, 3.63) is 0 Å². The first kappa shape index (κ1) is 14.0. The molecule has 0 saturated heterocycles. The lowest BCUT2D eigenvalue weighted by Gasteiger charge is -2.36. The number of carbonyl (C=O) groups excluding carboxylic acids is 1. The highest BCUT2D eigenvalue weighted by Gasteiger charge is 2.41. The zero-order chi connectivity index (χ0) is 13.2. The van der Waals surface area contributed by atoms with Crippen molar-refractivity contribution in [3.8, 4) is 0 Å². The van der Waals surface area contributed by atoms with Crippen molar-refractivity contribution in [3.63, 3.8) is 0 Å². The maximum absolute atomic E-state index is 12.2. The van der Waals surface area contributed by atoms with Gasteiger partial charge in [0.25, 0.3) is 0 Å². The molecule has 1 aliphatic carbocycles. The number of rotatable bonds is 4. The molecule has 2 unspecified atom stereocenters. The number of amides is 1. The van der Waals surface area contributed by atoms with Gasteiger partial charge >= 0.3 is 5.97 Å². The van der Waals surface area contributed by atoms with Crippen LogP contribution in [0.3, 0.4) is 0 Å². The largest absolute Gasteiger partial charge is 0.481 e. The number of hydrogen-bond donors (Lipinski definition) is 2. The van der Waals surface area contributed by atoms with E-state index in [1.807, 2.05) is 0 Å². The second-order valence-corrected chi connectivity index (χ2v) is 5.35. The second-order valence-electron chi connectivity index (χ2n) is 5.35. The Morgan fingerprint density at radius 3 is 2.29 bits per heavy atom. The van der Waals surface area contributed by atoms with Crippen molar-refractivity contribution in [1.29, 1.82) is 0 Å². The third-order valence-electron chi connectivity index (χ3n) is 3.78. The van der Waals surface area contributed by atoms with Crippen molar-refractivity contribution in [1.82, 2.24) is 4.90 Å². The molecule has 0 aliphatic heterocycles. The minimum absolute atomic E-state index is 0.139. The number of carboxylic acid groups (broad SMARTS) is 1. The second kappa shape index (κ2) is 5.04. The Hall–Kier alpha value is -1.10. The third kappa shape index (κ3) is 2.77. The van der Waals surface area contributed by atoms with Gasteiger partial charge in [0.05, 0.1) is 24.0 Å². The Morgan fingerprint density at radius 1 is 1.29 bits per heavy atom. The Bertz CT molecular complexity index is 314. The minimum atomic E-state index is -0.893. The van der Waals surface area contributed by atoms with Gasteiger partial charge in [-0.25, -0.2) is 0 Å². The predicted molar refractivity (Wildman–Crippen MR) is 62.4 cm³/mol. The van der Waals surface area contributed by atoms with E-state index in [-0.39, 0.29) is 12.5 Å². The molecular weight excluding hydrogens is 222 g/mol. The van der Waals surface area contributed by atoms with Gasteiger partial charge in [0, 0.05) is 7.05 Å². The van der Waals surface area contributed by atoms with E-state index in [0.29, 0.717) is 12.8 Å². The SMILES string of the molecule is CN(C(=O)C1CCCC1C(=O)O)C(C)(C)CO. The average Bonchev–Trinajstić information content (AvgIpc) is 2.75. The molecule has 5 nitrogen and oxygen atoms in total. The molecule has 2 atom stereocenters. The lowest BCUT2D eigenvalue weighted by molar-refractivity contribution is -0.151. The Kier molecular flexibility index (Phi) is 4.14. The lowest BCUT2D eigenvalue weighted by Crippen LogP contribution is -2.50. The van der Waals surface area contributed by atoms with Gasteiger partial charge in [0.2, 0.25) is 5.91 Å². The molecule has 1 rings (SSSR count). The first-order chi connectivity index (χ1) is 7.81. The summed E-state index contributed by atoms with van der Waals surface area (Å²) in [5.74, 6) is -2.08. The monoisotopic (exact) mass is 243 g/mol. The van der Waals surface area contributed by atoms with Crippen LogP contribution in [0.1, 0.15) is 33.1 Å². The molecule has 17 heavy (non-hydrogen) atoms. The fourth-order valence-electron chi connectivity index (χ4n) is 2.20. The lowest BCUT2D eigenvalue weighted by atomic mass is 9.92. The van der Waals surface area contributed by atoms with Gasteiger partial charge in [0.15, 0.2) is 0 Å². The van der Waals surface area contributed by atoms with Crippen LogP contribution >= 0.6 is 0 Å². The van der Waals surface area contributed by atoms with Crippen LogP contribution in [0.5, 0.6) is 0 Å². The van der Waals surface area contributed by atoms with Gasteiger partial charge in [0.1, 0.15) is 0 Å². The quantitative estimate of drug-likeness (QED) is 0.762. The molecule has 1 amide bonds. The molecule has 5 heteroatoms. The van der Waals surface area contributed by atoms with Gasteiger partial charge in [-0.05, 0) is 26.7 Å². The minimum Gasteiger partial charge on any atom is -0.481 e. The van der Waals surface area contributed by atoms with Gasteiger partial charge in [-0.3, -0.25) is 9.59 Å². The van der Waals surface area contributed by atoms with E-state index in [1.54, 1.807) is 20.9 Å². The number of aliphatic hydroxyl groups excluding tert-OH is 1. The number of likely N-dealkylation sites (N-methyl/N-ethyl adjacent to an activating group) is 1. The van der Waals surface area contributed by atoms with Crippen LogP contribution < -0.4 is 0 Å². The molecule has 1 aliphatic rings. The molecule has 0 bridgehead atoms. The first-order valence-corrected chi connectivity index (χ1v) is 5.92. The number of aliphatic hydroxyl groups is 1. The first-order valence-electron chi connectivity index (χ1n) is 5.92. The van der Waals surface area contributed by atoms with Crippen LogP contribution in [0, 0.1) is 11.8 Å². The van der Waals surface area contributed by atoms with E-state index in [4.69, 9.17) is 5.11 Å². The Labute approximate surface area is 101 Å². The summed E-state index contributed by atoms with van der Waals surface area (Å²) >= 11 is 0. The molecule has 0 spiro atoms. The van der Waals surface area contributed by atoms with Crippen molar-refractivity contribution in [2.75, 3.05) is 13.7 Å². The number of carboxylic acids is 1. The smallest absolute Gasteiger partial charge is 0.307 e. The molecule has 0 aromatic carbocycles. The zero-order valence-corrected chi connectivity index (χ0v) is 10.6. The number of aliphatic carboxylic acids is 1. The van der Waals surface area contributed by atoms with Gasteiger partial charge in [-0.2, -0.15) is 0 Å².